The summed E-state index contributed by atoms with van der Waals surface area (Å²) < 4.78 is 0. The number of carboxylic acid groups (broad SMARTS) is 1. The highest BCUT2D eigenvalue weighted by molar-refractivity contribution is 6.00. The first-order valence-corrected chi connectivity index (χ1v) is 6.98. The molecule has 3 rings (SSSR count). The first-order chi connectivity index (χ1) is 10.2. The Bertz CT molecular complexity index is 791. The zero-order valence-corrected chi connectivity index (χ0v) is 11.8. The maximum atomic E-state index is 11.3. The fourth-order valence-corrected chi connectivity index (χ4v) is 2.70. The summed E-state index contributed by atoms with van der Waals surface area (Å²) in [6.45, 7) is 1.73. The van der Waals surface area contributed by atoms with Crippen LogP contribution >= 0.6 is 0 Å². The summed E-state index contributed by atoms with van der Waals surface area (Å²) in [4.78, 5) is 11.3. The van der Waals surface area contributed by atoms with Crippen molar-refractivity contribution in [3.63, 3.8) is 0 Å². The van der Waals surface area contributed by atoms with Crippen LogP contribution in [0.25, 0.3) is 21.9 Å². The van der Waals surface area contributed by atoms with Gasteiger partial charge in [-0.2, -0.15) is 0 Å². The molecule has 0 spiro atoms. The van der Waals surface area contributed by atoms with Gasteiger partial charge in [-0.1, -0.05) is 66.7 Å². The van der Waals surface area contributed by atoms with Crippen LogP contribution in [0.1, 0.15) is 18.4 Å². The van der Waals surface area contributed by atoms with Gasteiger partial charge in [0.2, 0.25) is 0 Å². The van der Waals surface area contributed by atoms with Gasteiger partial charge in [0.05, 0.1) is 5.92 Å². The van der Waals surface area contributed by atoms with Gasteiger partial charge in [0.15, 0.2) is 0 Å². The van der Waals surface area contributed by atoms with Crippen LogP contribution in [-0.2, 0) is 4.79 Å². The van der Waals surface area contributed by atoms with Crippen LogP contribution in [-0.4, -0.2) is 11.1 Å². The Kier molecular flexibility index (Phi) is 3.44. The number of carboxylic acids is 1. The third kappa shape index (κ3) is 2.40. The number of fused-ring (bicyclic) bond motifs is 1. The van der Waals surface area contributed by atoms with Crippen molar-refractivity contribution < 1.29 is 9.90 Å². The van der Waals surface area contributed by atoms with Crippen molar-refractivity contribution in [1.82, 2.24) is 0 Å². The van der Waals surface area contributed by atoms with Gasteiger partial charge < -0.3 is 5.11 Å². The molecule has 3 aromatic carbocycles. The maximum absolute atomic E-state index is 11.3. The molecule has 0 heterocycles. The van der Waals surface area contributed by atoms with E-state index in [0.29, 0.717) is 0 Å². The van der Waals surface area contributed by atoms with E-state index < -0.39 is 11.9 Å². The fraction of sp³-hybridized carbons (Fsp3) is 0.105. The van der Waals surface area contributed by atoms with Gasteiger partial charge in [0.1, 0.15) is 0 Å². The quantitative estimate of drug-likeness (QED) is 0.753. The predicted molar refractivity (Wildman–Crippen MR) is 85.4 cm³/mol. The van der Waals surface area contributed by atoms with Crippen LogP contribution in [0.3, 0.4) is 0 Å². The number of hydrogen-bond donors (Lipinski definition) is 1. The Morgan fingerprint density at radius 3 is 2.14 bits per heavy atom. The Morgan fingerprint density at radius 2 is 1.48 bits per heavy atom. The molecule has 104 valence electrons. The first kappa shape index (κ1) is 13.4. The lowest BCUT2D eigenvalue weighted by Crippen LogP contribution is -2.08. The Morgan fingerprint density at radius 1 is 0.857 bits per heavy atom. The molecule has 0 radical (unpaired) electrons. The monoisotopic (exact) mass is 276 g/mol. The highest BCUT2D eigenvalue weighted by Crippen LogP contribution is 2.33. The number of rotatable bonds is 3. The molecular weight excluding hydrogens is 260 g/mol. The third-order valence-corrected chi connectivity index (χ3v) is 3.88. The van der Waals surface area contributed by atoms with Crippen molar-refractivity contribution in [1.29, 1.82) is 0 Å². The number of aliphatic carboxylic acids is 1. The zero-order chi connectivity index (χ0) is 14.8. The molecule has 1 atom stereocenters. The lowest BCUT2D eigenvalue weighted by atomic mass is 9.90. The Labute approximate surface area is 123 Å². The van der Waals surface area contributed by atoms with Gasteiger partial charge >= 0.3 is 5.97 Å². The SMILES string of the molecule is CC(C(=O)O)c1ccc(-c2ccccc2)c2ccccc12. The van der Waals surface area contributed by atoms with Crippen molar-refractivity contribution >= 4 is 16.7 Å². The largest absolute Gasteiger partial charge is 0.481 e. The molecule has 0 amide bonds. The molecule has 0 aromatic heterocycles. The third-order valence-electron chi connectivity index (χ3n) is 3.88. The molecule has 1 N–H and O–H groups in total. The maximum Gasteiger partial charge on any atom is 0.310 e. The van der Waals surface area contributed by atoms with Crippen LogP contribution in [0.2, 0.25) is 0 Å². The average Bonchev–Trinajstić information content (AvgIpc) is 2.54. The smallest absolute Gasteiger partial charge is 0.310 e. The van der Waals surface area contributed by atoms with Crippen molar-refractivity contribution in [3.05, 3.63) is 72.3 Å². The average molecular weight is 276 g/mol. The lowest BCUT2D eigenvalue weighted by Gasteiger charge is -2.14. The molecule has 2 heteroatoms. The van der Waals surface area contributed by atoms with Crippen LogP contribution < -0.4 is 0 Å². The summed E-state index contributed by atoms with van der Waals surface area (Å²) >= 11 is 0. The van der Waals surface area contributed by atoms with E-state index >= 15 is 0 Å². The van der Waals surface area contributed by atoms with Crippen LogP contribution in [0, 0.1) is 0 Å². The summed E-state index contributed by atoms with van der Waals surface area (Å²) in [5.74, 6) is -1.31. The normalized spacial score (nSPS) is 12.2. The summed E-state index contributed by atoms with van der Waals surface area (Å²) in [5.41, 5.74) is 3.13. The second kappa shape index (κ2) is 5.41. The van der Waals surface area contributed by atoms with Gasteiger partial charge in [-0.15, -0.1) is 0 Å². The summed E-state index contributed by atoms with van der Waals surface area (Å²) in [5, 5.41) is 11.4. The number of hydrogen-bond acceptors (Lipinski definition) is 1. The Hall–Kier alpha value is -2.61. The topological polar surface area (TPSA) is 37.3 Å². The predicted octanol–water partition coefficient (Wildman–Crippen LogP) is 4.69. The minimum Gasteiger partial charge on any atom is -0.481 e. The van der Waals surface area contributed by atoms with E-state index in [4.69, 9.17) is 0 Å². The summed E-state index contributed by atoms with van der Waals surface area (Å²) in [6.07, 6.45) is 0. The van der Waals surface area contributed by atoms with Crippen LogP contribution in [0.5, 0.6) is 0 Å². The van der Waals surface area contributed by atoms with Crippen molar-refractivity contribution in [2.75, 3.05) is 0 Å². The van der Waals surface area contributed by atoms with Crippen LogP contribution in [0.15, 0.2) is 66.7 Å². The second-order valence-corrected chi connectivity index (χ2v) is 5.17. The second-order valence-electron chi connectivity index (χ2n) is 5.17. The molecule has 0 aliphatic carbocycles. The summed E-state index contributed by atoms with van der Waals surface area (Å²) in [7, 11) is 0. The van der Waals surface area contributed by atoms with E-state index in [1.54, 1.807) is 6.92 Å². The molecule has 0 aliphatic rings. The highest BCUT2D eigenvalue weighted by Gasteiger charge is 2.17. The van der Waals surface area contributed by atoms with Crippen molar-refractivity contribution in [3.8, 4) is 11.1 Å². The molecule has 0 fully saturated rings. The zero-order valence-electron chi connectivity index (χ0n) is 11.8. The van der Waals surface area contributed by atoms with Crippen LogP contribution in [0.4, 0.5) is 0 Å². The Balaban J connectivity index is 2.27. The number of carbonyl (C=O) groups is 1. The molecule has 3 aromatic rings. The number of benzene rings is 3. The van der Waals surface area contributed by atoms with E-state index in [1.807, 2.05) is 48.5 Å². The molecule has 21 heavy (non-hydrogen) atoms. The van der Waals surface area contributed by atoms with Gasteiger partial charge in [0, 0.05) is 0 Å². The highest BCUT2D eigenvalue weighted by atomic mass is 16.4. The fourth-order valence-electron chi connectivity index (χ4n) is 2.70. The molecule has 0 saturated heterocycles. The van der Waals surface area contributed by atoms with E-state index in [-0.39, 0.29) is 0 Å². The van der Waals surface area contributed by atoms with Crippen molar-refractivity contribution in [2.45, 2.75) is 12.8 Å². The van der Waals surface area contributed by atoms with Gasteiger partial charge in [0.25, 0.3) is 0 Å². The molecule has 0 bridgehead atoms. The van der Waals surface area contributed by atoms with E-state index in [1.165, 1.54) is 0 Å². The van der Waals surface area contributed by atoms with Gasteiger partial charge in [-0.3, -0.25) is 4.79 Å². The molecular formula is C19H16O2. The molecule has 1 unspecified atom stereocenters. The molecule has 0 saturated carbocycles. The van der Waals surface area contributed by atoms with E-state index in [0.717, 1.165) is 27.5 Å². The van der Waals surface area contributed by atoms with Crippen molar-refractivity contribution in [2.24, 2.45) is 0 Å². The van der Waals surface area contributed by atoms with E-state index in [9.17, 15) is 9.90 Å². The minimum absolute atomic E-state index is 0.514. The van der Waals surface area contributed by atoms with Gasteiger partial charge in [-0.25, -0.2) is 0 Å². The van der Waals surface area contributed by atoms with Gasteiger partial charge in [-0.05, 0) is 34.4 Å². The summed E-state index contributed by atoms with van der Waals surface area (Å²) in [6, 6.07) is 22.1. The molecule has 2 nitrogen and oxygen atoms in total. The standard InChI is InChI=1S/C19H16O2/c1-13(19(20)21)15-11-12-16(14-7-3-2-4-8-14)18-10-6-5-9-17(15)18/h2-13H,1H3,(H,20,21). The molecule has 0 aliphatic heterocycles. The minimum atomic E-state index is -0.799. The van der Waals surface area contributed by atoms with E-state index in [2.05, 4.69) is 18.2 Å². The lowest BCUT2D eigenvalue weighted by molar-refractivity contribution is -0.138. The first-order valence-electron chi connectivity index (χ1n) is 6.98.